The third kappa shape index (κ3) is 3.31. The number of hydrogen-bond donors (Lipinski definition) is 1. The Morgan fingerprint density at radius 3 is 2.94 bits per heavy atom. The summed E-state index contributed by atoms with van der Waals surface area (Å²) in [5, 5.41) is 3.44. The van der Waals surface area contributed by atoms with Crippen molar-refractivity contribution in [3.63, 3.8) is 0 Å². The number of nitrogens with zero attached hydrogens (tertiary/aromatic N) is 1. The number of piperazine rings is 1. The van der Waals surface area contributed by atoms with Crippen LogP contribution >= 0.6 is 15.9 Å². The Hall–Kier alpha value is -0.450. The average molecular weight is 315 g/mol. The Bertz CT molecular complexity index is 409. The molecule has 0 aromatic heterocycles. The van der Waals surface area contributed by atoms with E-state index in [0.29, 0.717) is 16.4 Å². The van der Waals surface area contributed by atoms with E-state index < -0.39 is 0 Å². The molecule has 2 nitrogen and oxygen atoms in total. The molecule has 1 N–H and O–H groups in total. The van der Waals surface area contributed by atoms with Crippen LogP contribution in [0.5, 0.6) is 0 Å². The Morgan fingerprint density at radius 1 is 1.50 bits per heavy atom. The SMILES string of the molecule is CC(C)C1CNCCN1Cc1ccc(F)c(Br)c1. The van der Waals surface area contributed by atoms with E-state index in [9.17, 15) is 4.39 Å². The van der Waals surface area contributed by atoms with Gasteiger partial charge >= 0.3 is 0 Å². The standard InChI is InChI=1S/C14H20BrFN2/c1-10(2)14-8-17-5-6-18(14)9-11-3-4-13(16)12(15)7-11/h3-4,7,10,14,17H,5-6,8-9H2,1-2H3. The normalized spacial score (nSPS) is 21.5. The minimum absolute atomic E-state index is 0.195. The van der Waals surface area contributed by atoms with Gasteiger partial charge in [-0.25, -0.2) is 4.39 Å². The maximum atomic E-state index is 13.2. The van der Waals surface area contributed by atoms with Crippen LogP contribution in [-0.4, -0.2) is 30.6 Å². The lowest BCUT2D eigenvalue weighted by molar-refractivity contribution is 0.117. The average Bonchev–Trinajstić information content (AvgIpc) is 2.34. The fourth-order valence-electron chi connectivity index (χ4n) is 2.49. The monoisotopic (exact) mass is 314 g/mol. The summed E-state index contributed by atoms with van der Waals surface area (Å²) in [5.41, 5.74) is 1.16. The van der Waals surface area contributed by atoms with Gasteiger partial charge in [0.25, 0.3) is 0 Å². The highest BCUT2D eigenvalue weighted by molar-refractivity contribution is 9.10. The molecule has 1 heterocycles. The van der Waals surface area contributed by atoms with E-state index in [1.807, 2.05) is 12.1 Å². The zero-order valence-corrected chi connectivity index (χ0v) is 12.5. The van der Waals surface area contributed by atoms with Gasteiger partial charge in [0.1, 0.15) is 5.82 Å². The first-order chi connectivity index (χ1) is 8.58. The van der Waals surface area contributed by atoms with E-state index >= 15 is 0 Å². The van der Waals surface area contributed by atoms with Crippen molar-refractivity contribution in [2.45, 2.75) is 26.4 Å². The summed E-state index contributed by atoms with van der Waals surface area (Å²) in [6.07, 6.45) is 0. The highest BCUT2D eigenvalue weighted by atomic mass is 79.9. The second-order valence-electron chi connectivity index (χ2n) is 5.23. The second kappa shape index (κ2) is 6.13. The van der Waals surface area contributed by atoms with Crippen LogP contribution in [0.2, 0.25) is 0 Å². The van der Waals surface area contributed by atoms with Gasteiger partial charge < -0.3 is 5.32 Å². The third-order valence-corrected chi connectivity index (χ3v) is 4.15. The van der Waals surface area contributed by atoms with Crippen LogP contribution in [-0.2, 0) is 6.54 Å². The summed E-state index contributed by atoms with van der Waals surface area (Å²) in [4.78, 5) is 2.49. The molecule has 0 radical (unpaired) electrons. The molecular weight excluding hydrogens is 295 g/mol. The smallest absolute Gasteiger partial charge is 0.137 e. The second-order valence-corrected chi connectivity index (χ2v) is 6.09. The summed E-state index contributed by atoms with van der Waals surface area (Å²) < 4.78 is 13.8. The maximum absolute atomic E-state index is 13.2. The minimum atomic E-state index is -0.195. The van der Waals surface area contributed by atoms with Crippen molar-refractivity contribution in [1.29, 1.82) is 0 Å². The number of benzene rings is 1. The molecule has 0 amide bonds. The van der Waals surface area contributed by atoms with Gasteiger partial charge in [0, 0.05) is 32.2 Å². The number of halogens is 2. The van der Waals surface area contributed by atoms with Crippen molar-refractivity contribution in [3.05, 3.63) is 34.1 Å². The largest absolute Gasteiger partial charge is 0.314 e. The number of nitrogens with one attached hydrogen (secondary N) is 1. The molecule has 0 aliphatic carbocycles. The lowest BCUT2D eigenvalue weighted by Gasteiger charge is -2.38. The molecule has 1 unspecified atom stereocenters. The third-order valence-electron chi connectivity index (χ3n) is 3.54. The van der Waals surface area contributed by atoms with Gasteiger partial charge in [-0.2, -0.15) is 0 Å². The first-order valence-corrected chi connectivity index (χ1v) is 7.26. The van der Waals surface area contributed by atoms with Gasteiger partial charge in [-0.15, -0.1) is 0 Å². The van der Waals surface area contributed by atoms with Crippen molar-refractivity contribution in [2.24, 2.45) is 5.92 Å². The van der Waals surface area contributed by atoms with Crippen LogP contribution in [0, 0.1) is 11.7 Å². The first kappa shape index (κ1) is 14.0. The molecule has 1 aliphatic heterocycles. The van der Waals surface area contributed by atoms with Crippen molar-refractivity contribution in [3.8, 4) is 0 Å². The molecule has 2 rings (SSSR count). The predicted octanol–water partition coefficient (Wildman–Crippen LogP) is 3.02. The predicted molar refractivity (Wildman–Crippen MR) is 76.0 cm³/mol. The van der Waals surface area contributed by atoms with E-state index in [1.54, 1.807) is 0 Å². The Kier molecular flexibility index (Phi) is 4.76. The maximum Gasteiger partial charge on any atom is 0.137 e. The molecule has 1 aromatic rings. The molecule has 0 spiro atoms. The molecule has 4 heteroatoms. The highest BCUT2D eigenvalue weighted by Gasteiger charge is 2.24. The molecule has 18 heavy (non-hydrogen) atoms. The Morgan fingerprint density at radius 2 is 2.28 bits per heavy atom. The summed E-state index contributed by atoms with van der Waals surface area (Å²) in [6, 6.07) is 5.85. The fraction of sp³-hybridized carbons (Fsp3) is 0.571. The lowest BCUT2D eigenvalue weighted by atomic mass is 10.00. The molecule has 0 saturated carbocycles. The molecule has 1 saturated heterocycles. The van der Waals surface area contributed by atoms with Crippen LogP contribution < -0.4 is 5.32 Å². The van der Waals surface area contributed by atoms with Crippen LogP contribution in [0.3, 0.4) is 0 Å². The molecule has 0 bridgehead atoms. The van der Waals surface area contributed by atoms with Crippen molar-refractivity contribution >= 4 is 15.9 Å². The van der Waals surface area contributed by atoms with Crippen molar-refractivity contribution in [2.75, 3.05) is 19.6 Å². The molecular formula is C14H20BrFN2. The van der Waals surface area contributed by atoms with E-state index in [0.717, 1.165) is 31.7 Å². The molecule has 1 aliphatic rings. The molecule has 1 fully saturated rings. The van der Waals surface area contributed by atoms with E-state index in [-0.39, 0.29) is 5.82 Å². The zero-order valence-electron chi connectivity index (χ0n) is 10.9. The van der Waals surface area contributed by atoms with Gasteiger partial charge in [-0.1, -0.05) is 19.9 Å². The Labute approximate surface area is 117 Å². The highest BCUT2D eigenvalue weighted by Crippen LogP contribution is 2.20. The van der Waals surface area contributed by atoms with Gasteiger partial charge in [-0.05, 0) is 39.5 Å². The van der Waals surface area contributed by atoms with Gasteiger partial charge in [0.15, 0.2) is 0 Å². The van der Waals surface area contributed by atoms with E-state index in [1.165, 1.54) is 6.07 Å². The zero-order chi connectivity index (χ0) is 13.1. The summed E-state index contributed by atoms with van der Waals surface area (Å²) in [5.74, 6) is 0.432. The topological polar surface area (TPSA) is 15.3 Å². The van der Waals surface area contributed by atoms with Crippen LogP contribution in [0.4, 0.5) is 4.39 Å². The van der Waals surface area contributed by atoms with Crippen molar-refractivity contribution < 1.29 is 4.39 Å². The van der Waals surface area contributed by atoms with Gasteiger partial charge in [0.05, 0.1) is 4.47 Å². The number of hydrogen-bond acceptors (Lipinski definition) is 2. The first-order valence-electron chi connectivity index (χ1n) is 6.46. The molecule has 1 aromatic carbocycles. The van der Waals surface area contributed by atoms with Crippen LogP contribution in [0.15, 0.2) is 22.7 Å². The van der Waals surface area contributed by atoms with Crippen LogP contribution in [0.25, 0.3) is 0 Å². The fourth-order valence-corrected chi connectivity index (χ4v) is 2.92. The van der Waals surface area contributed by atoms with Crippen molar-refractivity contribution in [1.82, 2.24) is 10.2 Å². The molecule has 100 valence electrons. The van der Waals surface area contributed by atoms with E-state index in [2.05, 4.69) is 40.0 Å². The minimum Gasteiger partial charge on any atom is -0.314 e. The summed E-state index contributed by atoms with van der Waals surface area (Å²) in [6.45, 7) is 8.53. The quantitative estimate of drug-likeness (QED) is 0.922. The summed E-state index contributed by atoms with van der Waals surface area (Å²) in [7, 11) is 0. The van der Waals surface area contributed by atoms with Gasteiger partial charge in [0.2, 0.25) is 0 Å². The molecule has 1 atom stereocenters. The van der Waals surface area contributed by atoms with E-state index in [4.69, 9.17) is 0 Å². The number of rotatable bonds is 3. The van der Waals surface area contributed by atoms with Gasteiger partial charge in [-0.3, -0.25) is 4.90 Å². The Balaban J connectivity index is 2.08. The lowest BCUT2D eigenvalue weighted by Crippen LogP contribution is -2.52. The summed E-state index contributed by atoms with van der Waals surface area (Å²) >= 11 is 3.25. The van der Waals surface area contributed by atoms with Crippen LogP contribution in [0.1, 0.15) is 19.4 Å².